The van der Waals surface area contributed by atoms with Crippen molar-refractivity contribution in [2.45, 2.75) is 18.9 Å². The normalized spacial score (nSPS) is 13.8. The van der Waals surface area contributed by atoms with Crippen molar-refractivity contribution in [3.63, 3.8) is 0 Å². The van der Waals surface area contributed by atoms with Gasteiger partial charge >= 0.3 is 5.97 Å². The lowest BCUT2D eigenvalue weighted by molar-refractivity contribution is -0.138. The van der Waals surface area contributed by atoms with Crippen molar-refractivity contribution in [3.8, 4) is 0 Å². The van der Waals surface area contributed by atoms with E-state index >= 15 is 0 Å². The SMILES string of the molecule is C[C@](N)(CC(=O)O)c1cccc(I)c1Cl.Cl. The molecule has 0 aliphatic heterocycles. The predicted molar refractivity (Wildman–Crippen MR) is 75.2 cm³/mol. The second kappa shape index (κ2) is 6.05. The van der Waals surface area contributed by atoms with Crippen molar-refractivity contribution in [2.24, 2.45) is 5.73 Å². The molecule has 0 amide bonds. The predicted octanol–water partition coefficient (Wildman–Crippen LogP) is 3.02. The molecule has 1 aromatic carbocycles. The first-order valence-corrected chi connectivity index (χ1v) is 5.75. The van der Waals surface area contributed by atoms with Crippen LogP contribution in [0.1, 0.15) is 18.9 Å². The van der Waals surface area contributed by atoms with E-state index in [1.54, 1.807) is 13.0 Å². The van der Waals surface area contributed by atoms with Crippen molar-refractivity contribution < 1.29 is 9.90 Å². The minimum absolute atomic E-state index is 0. The Hall–Kier alpha value is -0.0400. The highest BCUT2D eigenvalue weighted by Crippen LogP contribution is 2.31. The molecule has 0 unspecified atom stereocenters. The maximum Gasteiger partial charge on any atom is 0.305 e. The van der Waals surface area contributed by atoms with Crippen LogP contribution in [0.4, 0.5) is 0 Å². The molecular formula is C10H12Cl2INO2. The number of halogens is 3. The lowest BCUT2D eigenvalue weighted by atomic mass is 9.90. The minimum Gasteiger partial charge on any atom is -0.481 e. The Labute approximate surface area is 119 Å². The average Bonchev–Trinajstić information content (AvgIpc) is 2.07. The van der Waals surface area contributed by atoms with Gasteiger partial charge in [0.25, 0.3) is 0 Å². The van der Waals surface area contributed by atoms with E-state index in [0.29, 0.717) is 10.6 Å². The van der Waals surface area contributed by atoms with Gasteiger partial charge in [0.2, 0.25) is 0 Å². The fraction of sp³-hybridized carbons (Fsp3) is 0.300. The van der Waals surface area contributed by atoms with Gasteiger partial charge in [-0.3, -0.25) is 4.79 Å². The summed E-state index contributed by atoms with van der Waals surface area (Å²) in [4.78, 5) is 10.7. The molecule has 0 radical (unpaired) electrons. The van der Waals surface area contributed by atoms with Gasteiger partial charge in [0.1, 0.15) is 0 Å². The number of benzene rings is 1. The summed E-state index contributed by atoms with van der Waals surface area (Å²) in [6, 6.07) is 5.42. The van der Waals surface area contributed by atoms with E-state index in [2.05, 4.69) is 22.6 Å². The van der Waals surface area contributed by atoms with Gasteiger partial charge in [-0.25, -0.2) is 0 Å². The number of rotatable bonds is 3. The number of carbonyl (C=O) groups is 1. The molecule has 3 nitrogen and oxygen atoms in total. The van der Waals surface area contributed by atoms with Crippen LogP contribution in [-0.4, -0.2) is 11.1 Å². The summed E-state index contributed by atoms with van der Waals surface area (Å²) in [5.41, 5.74) is 5.66. The Balaban J connectivity index is 0.00000225. The molecular weight excluding hydrogens is 364 g/mol. The first kappa shape index (κ1) is 16.0. The van der Waals surface area contributed by atoms with Crippen LogP contribution in [0.25, 0.3) is 0 Å². The quantitative estimate of drug-likeness (QED) is 0.798. The van der Waals surface area contributed by atoms with Crippen molar-refractivity contribution in [3.05, 3.63) is 32.4 Å². The Kier molecular flexibility index (Phi) is 6.03. The van der Waals surface area contributed by atoms with Crippen molar-refractivity contribution in [1.82, 2.24) is 0 Å². The number of nitrogens with two attached hydrogens (primary N) is 1. The van der Waals surface area contributed by atoms with Crippen LogP contribution in [0.5, 0.6) is 0 Å². The highest BCUT2D eigenvalue weighted by atomic mass is 127. The second-order valence-electron chi connectivity index (χ2n) is 3.59. The molecule has 3 N–H and O–H groups in total. The molecule has 0 aromatic heterocycles. The number of carboxylic acid groups (broad SMARTS) is 1. The third-order valence-electron chi connectivity index (χ3n) is 2.09. The van der Waals surface area contributed by atoms with Gasteiger partial charge in [-0.2, -0.15) is 0 Å². The number of hydrogen-bond donors (Lipinski definition) is 2. The minimum atomic E-state index is -0.940. The molecule has 0 aliphatic rings. The van der Waals surface area contributed by atoms with Gasteiger partial charge in [0, 0.05) is 3.57 Å². The van der Waals surface area contributed by atoms with Crippen LogP contribution < -0.4 is 5.73 Å². The zero-order chi connectivity index (χ0) is 11.6. The Morgan fingerprint density at radius 1 is 1.62 bits per heavy atom. The number of hydrogen-bond acceptors (Lipinski definition) is 2. The molecule has 0 bridgehead atoms. The fourth-order valence-corrected chi connectivity index (χ4v) is 2.19. The standard InChI is InChI=1S/C10H11ClINO2.ClH/c1-10(13,5-8(14)15)6-3-2-4-7(12)9(6)11;/h2-4H,5,13H2,1H3,(H,14,15);1H/t10-;/m0./s1. The summed E-state index contributed by atoms with van der Waals surface area (Å²) in [5.74, 6) is -0.935. The molecule has 6 heteroatoms. The molecule has 0 heterocycles. The van der Waals surface area contributed by atoms with E-state index in [4.69, 9.17) is 22.4 Å². The summed E-state index contributed by atoms with van der Waals surface area (Å²) < 4.78 is 0.869. The number of aliphatic carboxylic acids is 1. The molecule has 1 aromatic rings. The van der Waals surface area contributed by atoms with Crippen LogP contribution in [0.3, 0.4) is 0 Å². The van der Waals surface area contributed by atoms with E-state index in [-0.39, 0.29) is 18.8 Å². The lowest BCUT2D eigenvalue weighted by Crippen LogP contribution is -2.36. The summed E-state index contributed by atoms with van der Waals surface area (Å²) in [7, 11) is 0. The van der Waals surface area contributed by atoms with E-state index in [1.165, 1.54) is 0 Å². The highest BCUT2D eigenvalue weighted by molar-refractivity contribution is 14.1. The van der Waals surface area contributed by atoms with Gasteiger partial charge in [0.15, 0.2) is 0 Å². The molecule has 90 valence electrons. The van der Waals surface area contributed by atoms with E-state index in [0.717, 1.165) is 3.57 Å². The Morgan fingerprint density at radius 2 is 2.19 bits per heavy atom. The Morgan fingerprint density at radius 3 is 2.69 bits per heavy atom. The fourth-order valence-electron chi connectivity index (χ4n) is 1.35. The van der Waals surface area contributed by atoms with Gasteiger partial charge in [-0.15, -0.1) is 12.4 Å². The maximum atomic E-state index is 10.7. The molecule has 0 saturated carbocycles. The van der Waals surface area contributed by atoms with E-state index in [9.17, 15) is 4.79 Å². The second-order valence-corrected chi connectivity index (χ2v) is 5.13. The topological polar surface area (TPSA) is 63.3 Å². The highest BCUT2D eigenvalue weighted by Gasteiger charge is 2.27. The summed E-state index contributed by atoms with van der Waals surface area (Å²) in [6.07, 6.45) is -0.146. The lowest BCUT2D eigenvalue weighted by Gasteiger charge is -2.24. The molecule has 16 heavy (non-hydrogen) atoms. The smallest absolute Gasteiger partial charge is 0.305 e. The molecule has 0 fully saturated rings. The summed E-state index contributed by atoms with van der Waals surface area (Å²) >= 11 is 8.17. The van der Waals surface area contributed by atoms with Gasteiger partial charge < -0.3 is 10.8 Å². The molecule has 1 rings (SSSR count). The van der Waals surface area contributed by atoms with Gasteiger partial charge in [-0.1, -0.05) is 23.7 Å². The van der Waals surface area contributed by atoms with Crippen molar-refractivity contribution in [1.29, 1.82) is 0 Å². The van der Waals surface area contributed by atoms with Gasteiger partial charge in [0.05, 0.1) is 17.0 Å². The third-order valence-corrected chi connectivity index (χ3v) is 3.71. The first-order chi connectivity index (χ1) is 6.84. The zero-order valence-electron chi connectivity index (χ0n) is 8.54. The van der Waals surface area contributed by atoms with Crippen molar-refractivity contribution >= 4 is 52.6 Å². The third kappa shape index (κ3) is 3.76. The van der Waals surface area contributed by atoms with Crippen LogP contribution in [0, 0.1) is 3.57 Å². The van der Waals surface area contributed by atoms with E-state index in [1.807, 2.05) is 12.1 Å². The van der Waals surface area contributed by atoms with Crippen LogP contribution >= 0.6 is 46.6 Å². The first-order valence-electron chi connectivity index (χ1n) is 4.30. The average molecular weight is 376 g/mol. The number of carboxylic acids is 1. The summed E-state index contributed by atoms with van der Waals surface area (Å²) in [6.45, 7) is 1.67. The maximum absolute atomic E-state index is 10.7. The van der Waals surface area contributed by atoms with Crippen LogP contribution in [0.15, 0.2) is 18.2 Å². The van der Waals surface area contributed by atoms with Crippen LogP contribution in [0.2, 0.25) is 5.02 Å². The molecule has 0 aliphatic carbocycles. The monoisotopic (exact) mass is 375 g/mol. The zero-order valence-corrected chi connectivity index (χ0v) is 12.3. The van der Waals surface area contributed by atoms with Crippen LogP contribution in [-0.2, 0) is 10.3 Å². The van der Waals surface area contributed by atoms with E-state index < -0.39 is 11.5 Å². The van der Waals surface area contributed by atoms with Gasteiger partial charge in [-0.05, 0) is 41.1 Å². The molecule has 0 spiro atoms. The largest absolute Gasteiger partial charge is 0.481 e. The van der Waals surface area contributed by atoms with Crippen molar-refractivity contribution in [2.75, 3.05) is 0 Å². The Bertz CT molecular complexity index is 396. The molecule has 0 saturated heterocycles. The molecule has 1 atom stereocenters. The summed E-state index contributed by atoms with van der Waals surface area (Å²) in [5, 5.41) is 9.28.